The van der Waals surface area contributed by atoms with E-state index in [0.717, 1.165) is 14.7 Å². The Morgan fingerprint density at radius 3 is 2.47 bits per heavy atom. The van der Waals surface area contributed by atoms with E-state index in [2.05, 4.69) is 10.3 Å². The first-order valence-electron chi connectivity index (χ1n) is 9.12. The van der Waals surface area contributed by atoms with Crippen molar-refractivity contribution in [2.75, 3.05) is 19.4 Å². The molecule has 0 bridgehead atoms. The second kappa shape index (κ2) is 8.63. The third kappa shape index (κ3) is 4.75. The van der Waals surface area contributed by atoms with Crippen LogP contribution in [0.2, 0.25) is 0 Å². The Morgan fingerprint density at radius 1 is 1.17 bits per heavy atom. The lowest BCUT2D eigenvalue weighted by Crippen LogP contribution is -2.24. The lowest BCUT2D eigenvalue weighted by molar-refractivity contribution is 0.102. The molecule has 3 rings (SSSR count). The maximum Gasteiger partial charge on any atom is 0.257 e. The number of benzene rings is 2. The Labute approximate surface area is 179 Å². The number of carbonyl (C=O) groups is 1. The molecule has 0 aliphatic rings. The molecule has 0 spiro atoms. The van der Waals surface area contributed by atoms with Crippen molar-refractivity contribution in [2.45, 2.75) is 25.2 Å². The van der Waals surface area contributed by atoms with Crippen LogP contribution in [-0.4, -0.2) is 37.7 Å². The Balaban J connectivity index is 1.80. The Hall–Kier alpha value is -2.62. The molecule has 0 saturated heterocycles. The molecular weight excluding hydrogens is 425 g/mol. The monoisotopic (exact) mass is 447 g/mol. The topological polar surface area (TPSA) is 79.4 Å². The maximum atomic E-state index is 13.0. The summed E-state index contributed by atoms with van der Waals surface area (Å²) in [4.78, 5) is 18.0. The standard InChI is InChI=1S/C21H22FN3O3S2/c1-13-9-16(11-19(14(13)2)30(27,28)25(3)4)20(26)24-21-23-12-18(29-21)10-15-5-7-17(22)8-6-15/h5-9,11-12H,10H2,1-4H3,(H,23,24,26). The molecular formula is C21H22FN3O3S2. The second-order valence-corrected chi connectivity index (χ2v) is 10.3. The fourth-order valence-corrected chi connectivity index (χ4v) is 4.90. The first-order chi connectivity index (χ1) is 14.1. The number of nitrogens with one attached hydrogen (secondary N) is 1. The molecule has 0 saturated carbocycles. The van der Waals surface area contributed by atoms with E-state index >= 15 is 0 Å². The summed E-state index contributed by atoms with van der Waals surface area (Å²) in [5.41, 5.74) is 2.50. The highest BCUT2D eigenvalue weighted by Gasteiger charge is 2.23. The number of amides is 1. The molecule has 0 atom stereocenters. The molecule has 6 nitrogen and oxygen atoms in total. The van der Waals surface area contributed by atoms with Crippen molar-refractivity contribution in [2.24, 2.45) is 0 Å². The number of halogens is 1. The summed E-state index contributed by atoms with van der Waals surface area (Å²) in [6.45, 7) is 3.49. The third-order valence-electron chi connectivity index (χ3n) is 4.71. The molecule has 1 heterocycles. The fraction of sp³-hybridized carbons (Fsp3) is 0.238. The Morgan fingerprint density at radius 2 is 1.83 bits per heavy atom. The zero-order valence-corrected chi connectivity index (χ0v) is 18.7. The molecule has 0 radical (unpaired) electrons. The molecule has 1 amide bonds. The van der Waals surface area contributed by atoms with Crippen molar-refractivity contribution in [1.82, 2.24) is 9.29 Å². The van der Waals surface area contributed by atoms with Crippen LogP contribution >= 0.6 is 11.3 Å². The van der Waals surface area contributed by atoms with Gasteiger partial charge in [-0.05, 0) is 54.8 Å². The fourth-order valence-electron chi connectivity index (χ4n) is 2.84. The van der Waals surface area contributed by atoms with Gasteiger partial charge in [0, 0.05) is 37.2 Å². The highest BCUT2D eigenvalue weighted by molar-refractivity contribution is 7.89. The summed E-state index contributed by atoms with van der Waals surface area (Å²) in [5.74, 6) is -0.726. The minimum atomic E-state index is -3.68. The van der Waals surface area contributed by atoms with Gasteiger partial charge in [0.05, 0.1) is 4.90 Å². The summed E-state index contributed by atoms with van der Waals surface area (Å²) in [6.07, 6.45) is 2.23. The highest BCUT2D eigenvalue weighted by atomic mass is 32.2. The van der Waals surface area contributed by atoms with Crippen LogP contribution in [-0.2, 0) is 16.4 Å². The number of nitrogens with zero attached hydrogens (tertiary/aromatic N) is 2. The summed E-state index contributed by atoms with van der Waals surface area (Å²) in [7, 11) is -0.772. The van der Waals surface area contributed by atoms with Gasteiger partial charge in [-0.15, -0.1) is 11.3 Å². The number of hydrogen-bond donors (Lipinski definition) is 1. The SMILES string of the molecule is Cc1cc(C(=O)Nc2ncc(Cc3ccc(F)cc3)s2)cc(S(=O)(=O)N(C)C)c1C. The van der Waals surface area contributed by atoms with Crippen LogP contribution in [0.1, 0.15) is 31.9 Å². The third-order valence-corrected chi connectivity index (χ3v) is 7.56. The van der Waals surface area contributed by atoms with Crippen molar-refractivity contribution >= 4 is 32.4 Å². The minimum Gasteiger partial charge on any atom is -0.298 e. The summed E-state index contributed by atoms with van der Waals surface area (Å²) < 4.78 is 39.4. The molecule has 30 heavy (non-hydrogen) atoms. The highest BCUT2D eigenvalue weighted by Crippen LogP contribution is 2.25. The first-order valence-corrected chi connectivity index (χ1v) is 11.4. The number of thiazole rings is 1. The van der Waals surface area contributed by atoms with E-state index in [1.54, 1.807) is 38.2 Å². The number of hydrogen-bond acceptors (Lipinski definition) is 5. The number of carbonyl (C=O) groups excluding carboxylic acids is 1. The van der Waals surface area contributed by atoms with Crippen LogP contribution in [0.5, 0.6) is 0 Å². The molecule has 9 heteroatoms. The number of anilines is 1. The number of aromatic nitrogens is 1. The maximum absolute atomic E-state index is 13.0. The summed E-state index contributed by atoms with van der Waals surface area (Å²) in [6, 6.07) is 9.26. The Kier molecular flexibility index (Phi) is 6.35. The zero-order valence-electron chi connectivity index (χ0n) is 17.1. The second-order valence-electron chi connectivity index (χ2n) is 7.09. The van der Waals surface area contributed by atoms with Gasteiger partial charge < -0.3 is 0 Å². The molecule has 3 aromatic rings. The lowest BCUT2D eigenvalue weighted by Gasteiger charge is -2.16. The van der Waals surface area contributed by atoms with Gasteiger partial charge in [0.1, 0.15) is 5.82 Å². The number of sulfonamides is 1. The average molecular weight is 448 g/mol. The molecule has 2 aromatic carbocycles. The summed E-state index contributed by atoms with van der Waals surface area (Å²) in [5, 5.41) is 3.14. The van der Waals surface area contributed by atoms with E-state index in [9.17, 15) is 17.6 Å². The molecule has 158 valence electrons. The van der Waals surface area contributed by atoms with Crippen LogP contribution in [0.25, 0.3) is 0 Å². The van der Waals surface area contributed by atoms with Crippen LogP contribution in [0.4, 0.5) is 9.52 Å². The van der Waals surface area contributed by atoms with E-state index in [1.165, 1.54) is 43.6 Å². The Bertz CT molecular complexity index is 1190. The van der Waals surface area contributed by atoms with Gasteiger partial charge in [-0.3, -0.25) is 10.1 Å². The normalized spacial score (nSPS) is 11.7. The zero-order chi connectivity index (χ0) is 22.1. The predicted octanol–water partition coefficient (Wildman–Crippen LogP) is 3.99. The predicted molar refractivity (Wildman–Crippen MR) is 116 cm³/mol. The first kappa shape index (κ1) is 22.1. The number of rotatable bonds is 6. The molecule has 0 fully saturated rings. The van der Waals surface area contributed by atoms with Gasteiger partial charge in [-0.2, -0.15) is 0 Å². The molecule has 0 unspecified atom stereocenters. The van der Waals surface area contributed by atoms with Gasteiger partial charge in [-0.1, -0.05) is 12.1 Å². The van der Waals surface area contributed by atoms with E-state index in [-0.39, 0.29) is 16.3 Å². The van der Waals surface area contributed by atoms with E-state index in [4.69, 9.17) is 0 Å². The van der Waals surface area contributed by atoms with E-state index in [0.29, 0.717) is 22.7 Å². The largest absolute Gasteiger partial charge is 0.298 e. The van der Waals surface area contributed by atoms with E-state index < -0.39 is 15.9 Å². The van der Waals surface area contributed by atoms with Gasteiger partial charge in [0.25, 0.3) is 5.91 Å². The van der Waals surface area contributed by atoms with Crippen LogP contribution in [0, 0.1) is 19.7 Å². The quantitative estimate of drug-likeness (QED) is 0.620. The van der Waals surface area contributed by atoms with Crippen molar-refractivity contribution in [3.63, 3.8) is 0 Å². The van der Waals surface area contributed by atoms with Gasteiger partial charge in [0.2, 0.25) is 10.0 Å². The average Bonchev–Trinajstić information content (AvgIpc) is 3.12. The van der Waals surface area contributed by atoms with Crippen molar-refractivity contribution in [1.29, 1.82) is 0 Å². The number of aryl methyl sites for hydroxylation is 1. The molecule has 0 aliphatic heterocycles. The smallest absolute Gasteiger partial charge is 0.257 e. The van der Waals surface area contributed by atoms with Crippen LogP contribution < -0.4 is 5.32 Å². The van der Waals surface area contributed by atoms with Gasteiger partial charge in [-0.25, -0.2) is 22.1 Å². The molecule has 0 aliphatic carbocycles. The van der Waals surface area contributed by atoms with Crippen LogP contribution in [0.15, 0.2) is 47.5 Å². The van der Waals surface area contributed by atoms with Crippen molar-refractivity contribution < 1.29 is 17.6 Å². The van der Waals surface area contributed by atoms with Crippen LogP contribution in [0.3, 0.4) is 0 Å². The minimum absolute atomic E-state index is 0.105. The lowest BCUT2D eigenvalue weighted by atomic mass is 10.1. The summed E-state index contributed by atoms with van der Waals surface area (Å²) >= 11 is 1.31. The van der Waals surface area contributed by atoms with Crippen molar-refractivity contribution in [3.05, 3.63) is 75.5 Å². The molecule has 1 aromatic heterocycles. The van der Waals surface area contributed by atoms with Gasteiger partial charge >= 0.3 is 0 Å². The van der Waals surface area contributed by atoms with E-state index in [1.807, 2.05) is 0 Å². The van der Waals surface area contributed by atoms with Crippen molar-refractivity contribution in [3.8, 4) is 0 Å². The van der Waals surface area contributed by atoms with Gasteiger partial charge in [0.15, 0.2) is 5.13 Å². The molecule has 1 N–H and O–H groups in total.